The summed E-state index contributed by atoms with van der Waals surface area (Å²) in [5, 5.41) is 5.43. The summed E-state index contributed by atoms with van der Waals surface area (Å²) in [6.45, 7) is 6.18. The van der Waals surface area contributed by atoms with Crippen molar-refractivity contribution in [1.29, 1.82) is 0 Å². The highest BCUT2D eigenvalue weighted by Gasteiger charge is 2.19. The predicted molar refractivity (Wildman–Crippen MR) is 123 cm³/mol. The average Bonchev–Trinajstić information content (AvgIpc) is 3.22. The van der Waals surface area contributed by atoms with Crippen molar-refractivity contribution in [3.63, 3.8) is 0 Å². The molecule has 0 amide bonds. The number of aryl methyl sites for hydroxylation is 1. The van der Waals surface area contributed by atoms with Gasteiger partial charge >= 0.3 is 5.69 Å². The lowest BCUT2D eigenvalue weighted by Crippen LogP contribution is -2.39. The molecule has 0 aliphatic rings. The van der Waals surface area contributed by atoms with Crippen LogP contribution in [-0.4, -0.2) is 29.2 Å². The van der Waals surface area contributed by atoms with Crippen LogP contribution in [0.4, 0.5) is 0 Å². The Bertz CT molecular complexity index is 1410. The molecule has 11 heteroatoms. The van der Waals surface area contributed by atoms with Crippen LogP contribution in [0.5, 0.6) is 0 Å². The molecule has 3 heterocycles. The SMILES string of the molecule is Cc1nc(SCc2noc(-c3ccc(Cl)cc3)n2)c2c(=O)n(C)c(=O)n(CC(C)C)c2n1. The topological polar surface area (TPSA) is 109 Å². The summed E-state index contributed by atoms with van der Waals surface area (Å²) < 4.78 is 7.98. The molecule has 3 aromatic heterocycles. The Labute approximate surface area is 192 Å². The summed E-state index contributed by atoms with van der Waals surface area (Å²) in [7, 11) is 1.47. The van der Waals surface area contributed by atoms with Crippen LogP contribution < -0.4 is 11.2 Å². The minimum Gasteiger partial charge on any atom is -0.334 e. The molecule has 0 atom stereocenters. The third kappa shape index (κ3) is 4.33. The van der Waals surface area contributed by atoms with E-state index in [0.717, 1.165) is 10.1 Å². The molecular weight excluding hydrogens is 452 g/mol. The molecule has 0 spiro atoms. The number of nitrogens with zero attached hydrogens (tertiary/aromatic N) is 6. The maximum Gasteiger partial charge on any atom is 0.332 e. The van der Waals surface area contributed by atoms with E-state index in [9.17, 15) is 9.59 Å². The second kappa shape index (κ2) is 8.87. The first-order valence-corrected chi connectivity index (χ1v) is 11.3. The number of aromatic nitrogens is 6. The first kappa shape index (κ1) is 22.2. The molecule has 0 unspecified atom stereocenters. The number of fused-ring (bicyclic) bond motifs is 1. The summed E-state index contributed by atoms with van der Waals surface area (Å²) in [6.07, 6.45) is 0. The van der Waals surface area contributed by atoms with Crippen LogP contribution in [0.15, 0.2) is 43.4 Å². The van der Waals surface area contributed by atoms with E-state index in [1.807, 2.05) is 13.8 Å². The highest BCUT2D eigenvalue weighted by Crippen LogP contribution is 2.27. The normalized spacial score (nSPS) is 11.6. The van der Waals surface area contributed by atoms with Crippen molar-refractivity contribution in [3.05, 3.63) is 61.8 Å². The van der Waals surface area contributed by atoms with Crippen LogP contribution >= 0.6 is 23.4 Å². The van der Waals surface area contributed by atoms with Crippen LogP contribution in [0.2, 0.25) is 5.02 Å². The fourth-order valence-electron chi connectivity index (χ4n) is 3.23. The van der Waals surface area contributed by atoms with Crippen molar-refractivity contribution >= 4 is 34.4 Å². The van der Waals surface area contributed by atoms with E-state index in [2.05, 4.69) is 20.1 Å². The molecule has 0 aliphatic heterocycles. The van der Waals surface area contributed by atoms with Crippen molar-refractivity contribution < 1.29 is 4.52 Å². The largest absolute Gasteiger partial charge is 0.334 e. The lowest BCUT2D eigenvalue weighted by molar-refractivity contribution is 0.425. The number of thioether (sulfide) groups is 1. The van der Waals surface area contributed by atoms with Crippen molar-refractivity contribution in [2.75, 3.05) is 0 Å². The van der Waals surface area contributed by atoms with Crippen LogP contribution in [0.1, 0.15) is 25.5 Å². The zero-order valence-corrected chi connectivity index (χ0v) is 19.6. The van der Waals surface area contributed by atoms with Crippen molar-refractivity contribution in [2.24, 2.45) is 13.0 Å². The van der Waals surface area contributed by atoms with Gasteiger partial charge in [0.1, 0.15) is 16.2 Å². The van der Waals surface area contributed by atoms with Crippen LogP contribution in [0.3, 0.4) is 0 Å². The highest BCUT2D eigenvalue weighted by atomic mass is 35.5. The molecule has 0 saturated carbocycles. The van der Waals surface area contributed by atoms with Gasteiger partial charge < -0.3 is 4.52 Å². The number of rotatable bonds is 6. The van der Waals surface area contributed by atoms with Gasteiger partial charge in [-0.05, 0) is 37.1 Å². The zero-order valence-electron chi connectivity index (χ0n) is 18.0. The summed E-state index contributed by atoms with van der Waals surface area (Å²) in [4.78, 5) is 39.0. The van der Waals surface area contributed by atoms with E-state index < -0.39 is 11.2 Å². The van der Waals surface area contributed by atoms with Crippen molar-refractivity contribution in [3.8, 4) is 11.5 Å². The number of hydrogen-bond acceptors (Lipinski definition) is 8. The molecule has 0 N–H and O–H groups in total. The Morgan fingerprint density at radius 3 is 2.53 bits per heavy atom. The van der Waals surface area contributed by atoms with Gasteiger partial charge in [0.15, 0.2) is 11.5 Å². The van der Waals surface area contributed by atoms with E-state index in [1.54, 1.807) is 31.2 Å². The van der Waals surface area contributed by atoms with Gasteiger partial charge in [-0.15, -0.1) is 0 Å². The Morgan fingerprint density at radius 1 is 1.12 bits per heavy atom. The van der Waals surface area contributed by atoms with Crippen molar-refractivity contribution in [1.82, 2.24) is 29.2 Å². The fourth-order valence-corrected chi connectivity index (χ4v) is 4.26. The van der Waals surface area contributed by atoms with Gasteiger partial charge in [-0.1, -0.05) is 42.4 Å². The molecule has 166 valence electrons. The van der Waals surface area contributed by atoms with Gasteiger partial charge in [-0.3, -0.25) is 13.9 Å². The van der Waals surface area contributed by atoms with Gasteiger partial charge in [0.2, 0.25) is 0 Å². The third-order valence-corrected chi connectivity index (χ3v) is 5.93. The maximum absolute atomic E-state index is 12.9. The number of hydrogen-bond donors (Lipinski definition) is 0. The van der Waals surface area contributed by atoms with E-state index in [4.69, 9.17) is 16.1 Å². The van der Waals surface area contributed by atoms with Crippen molar-refractivity contribution in [2.45, 2.75) is 38.1 Å². The Balaban J connectivity index is 1.71. The molecule has 0 radical (unpaired) electrons. The standard InChI is InChI=1S/C21H21ClN6O3S/c1-11(2)9-28-17-16(20(29)27(4)21(28)30)19(24-12(3)23-17)32-10-15-25-18(31-26-15)13-5-7-14(22)8-6-13/h5-8,11H,9-10H2,1-4H3. The lowest BCUT2D eigenvalue weighted by Gasteiger charge is -2.15. The average molecular weight is 473 g/mol. The van der Waals surface area contributed by atoms with Gasteiger partial charge in [-0.2, -0.15) is 4.98 Å². The monoisotopic (exact) mass is 472 g/mol. The highest BCUT2D eigenvalue weighted by molar-refractivity contribution is 7.98. The summed E-state index contributed by atoms with van der Waals surface area (Å²) in [6, 6.07) is 7.09. The fraction of sp³-hybridized carbons (Fsp3) is 0.333. The Morgan fingerprint density at radius 2 is 1.84 bits per heavy atom. The smallest absolute Gasteiger partial charge is 0.332 e. The molecule has 0 fully saturated rings. The first-order chi connectivity index (χ1) is 15.2. The Kier molecular flexibility index (Phi) is 6.16. The second-order valence-electron chi connectivity index (χ2n) is 7.74. The Hall–Kier alpha value is -2.98. The van der Waals surface area contributed by atoms with E-state index in [0.29, 0.717) is 50.9 Å². The van der Waals surface area contributed by atoms with Crippen LogP contribution in [0, 0.1) is 12.8 Å². The van der Waals surface area contributed by atoms with Crippen LogP contribution in [0.25, 0.3) is 22.5 Å². The summed E-state index contributed by atoms with van der Waals surface area (Å²) in [5.41, 5.74) is 0.281. The molecule has 32 heavy (non-hydrogen) atoms. The summed E-state index contributed by atoms with van der Waals surface area (Å²) in [5.74, 6) is 1.83. The molecule has 9 nitrogen and oxygen atoms in total. The van der Waals surface area contributed by atoms with E-state index in [1.165, 1.54) is 23.4 Å². The zero-order chi connectivity index (χ0) is 23.0. The molecule has 0 bridgehead atoms. The molecule has 4 rings (SSSR count). The minimum absolute atomic E-state index is 0.199. The molecule has 1 aromatic carbocycles. The molecule has 0 aliphatic carbocycles. The number of benzene rings is 1. The predicted octanol–water partition coefficient (Wildman–Crippen LogP) is 3.45. The van der Waals surface area contributed by atoms with E-state index >= 15 is 0 Å². The first-order valence-electron chi connectivity index (χ1n) is 9.94. The van der Waals surface area contributed by atoms with Gasteiger partial charge in [-0.25, -0.2) is 14.8 Å². The molecule has 4 aromatic rings. The quantitative estimate of drug-likeness (QED) is 0.310. The van der Waals surface area contributed by atoms with Gasteiger partial charge in [0, 0.05) is 24.2 Å². The minimum atomic E-state index is -0.428. The maximum atomic E-state index is 12.9. The third-order valence-electron chi connectivity index (χ3n) is 4.71. The molecule has 0 saturated heterocycles. The van der Waals surface area contributed by atoms with E-state index in [-0.39, 0.29) is 5.92 Å². The summed E-state index contributed by atoms with van der Waals surface area (Å²) >= 11 is 7.22. The van der Waals surface area contributed by atoms with Gasteiger partial charge in [0.25, 0.3) is 11.4 Å². The van der Waals surface area contributed by atoms with Crippen LogP contribution in [-0.2, 0) is 19.3 Å². The lowest BCUT2D eigenvalue weighted by atomic mass is 10.2. The van der Waals surface area contributed by atoms with Gasteiger partial charge in [0.05, 0.1) is 5.75 Å². The second-order valence-corrected chi connectivity index (χ2v) is 9.14. The number of halogens is 1. The molecular formula is C21H21ClN6O3S.